The Hall–Kier alpha value is -0.550. The SMILES string of the molecule is CC(C)(C)C1=C2CN2S(=O)(=O)OCC1. The molecule has 1 fully saturated rings. The van der Waals surface area contributed by atoms with Crippen LogP contribution in [0.1, 0.15) is 27.2 Å². The van der Waals surface area contributed by atoms with Gasteiger partial charge in [-0.2, -0.15) is 8.42 Å². The molecule has 0 bridgehead atoms. The lowest BCUT2D eigenvalue weighted by Gasteiger charge is -2.21. The summed E-state index contributed by atoms with van der Waals surface area (Å²) in [5, 5.41) is 0. The van der Waals surface area contributed by atoms with Crippen molar-refractivity contribution in [1.82, 2.24) is 4.31 Å². The summed E-state index contributed by atoms with van der Waals surface area (Å²) < 4.78 is 28.9. The van der Waals surface area contributed by atoms with E-state index in [1.165, 1.54) is 9.88 Å². The molecule has 2 aliphatic heterocycles. The van der Waals surface area contributed by atoms with E-state index >= 15 is 0 Å². The standard InChI is InChI=1S/C9H15NO3S/c1-9(2,3)7-4-5-13-14(11,12)10-6-8(7)10/h4-6H2,1-3H3. The van der Waals surface area contributed by atoms with E-state index in [4.69, 9.17) is 4.18 Å². The average Bonchev–Trinajstić information content (AvgIpc) is 2.72. The molecule has 4 nitrogen and oxygen atoms in total. The molecular formula is C9H15NO3S. The Morgan fingerprint density at radius 2 is 2.00 bits per heavy atom. The second-order valence-corrected chi connectivity index (χ2v) is 6.24. The molecule has 0 aliphatic carbocycles. The quantitative estimate of drug-likeness (QED) is 0.574. The van der Waals surface area contributed by atoms with Crippen LogP contribution in [-0.2, 0) is 14.5 Å². The zero-order valence-electron chi connectivity index (χ0n) is 8.70. The van der Waals surface area contributed by atoms with Crippen molar-refractivity contribution in [1.29, 1.82) is 0 Å². The maximum absolute atomic E-state index is 11.4. The van der Waals surface area contributed by atoms with Crippen LogP contribution in [0, 0.1) is 5.41 Å². The molecule has 2 rings (SSSR count). The third-order valence-corrected chi connectivity index (χ3v) is 3.95. The highest BCUT2D eigenvalue weighted by atomic mass is 32.2. The molecule has 1 saturated heterocycles. The molecule has 0 atom stereocenters. The summed E-state index contributed by atoms with van der Waals surface area (Å²) in [5.41, 5.74) is 2.18. The lowest BCUT2D eigenvalue weighted by atomic mass is 9.84. The smallest absolute Gasteiger partial charge is 0.253 e. The molecule has 0 aromatic heterocycles. The van der Waals surface area contributed by atoms with Crippen molar-refractivity contribution in [2.45, 2.75) is 27.2 Å². The molecule has 0 aromatic rings. The minimum atomic E-state index is -3.44. The van der Waals surface area contributed by atoms with E-state index in [1.54, 1.807) is 0 Å². The third-order valence-electron chi connectivity index (χ3n) is 2.60. The molecule has 0 aromatic carbocycles. The van der Waals surface area contributed by atoms with E-state index in [2.05, 4.69) is 20.8 Å². The molecule has 0 amide bonds. The summed E-state index contributed by atoms with van der Waals surface area (Å²) in [7, 11) is -3.44. The van der Waals surface area contributed by atoms with Gasteiger partial charge < -0.3 is 0 Å². The third kappa shape index (κ3) is 1.54. The van der Waals surface area contributed by atoms with Crippen LogP contribution in [0.5, 0.6) is 0 Å². The minimum absolute atomic E-state index is 0.0350. The lowest BCUT2D eigenvalue weighted by Crippen LogP contribution is -2.14. The van der Waals surface area contributed by atoms with Crippen LogP contribution in [0.25, 0.3) is 0 Å². The van der Waals surface area contributed by atoms with Gasteiger partial charge in [-0.15, -0.1) is 0 Å². The fraction of sp³-hybridized carbons (Fsp3) is 0.778. The van der Waals surface area contributed by atoms with Crippen LogP contribution in [0.2, 0.25) is 0 Å². The summed E-state index contributed by atoms with van der Waals surface area (Å²) in [6.07, 6.45) is 0.717. The first-order chi connectivity index (χ1) is 6.32. The lowest BCUT2D eigenvalue weighted by molar-refractivity contribution is 0.302. The molecule has 0 unspecified atom stereocenters. The predicted molar refractivity (Wildman–Crippen MR) is 52.7 cm³/mol. The van der Waals surface area contributed by atoms with Crippen molar-refractivity contribution in [3.63, 3.8) is 0 Å². The Morgan fingerprint density at radius 3 is 2.57 bits per heavy atom. The molecule has 2 heterocycles. The van der Waals surface area contributed by atoms with E-state index in [1.807, 2.05) is 0 Å². The topological polar surface area (TPSA) is 46.4 Å². The normalized spacial score (nSPS) is 25.8. The number of hydrogen-bond acceptors (Lipinski definition) is 3. The minimum Gasteiger partial charge on any atom is -0.253 e. The first-order valence-corrected chi connectivity index (χ1v) is 6.08. The van der Waals surface area contributed by atoms with Gasteiger partial charge in [0, 0.05) is 0 Å². The van der Waals surface area contributed by atoms with Crippen LogP contribution < -0.4 is 0 Å². The van der Waals surface area contributed by atoms with Gasteiger partial charge in [-0.1, -0.05) is 20.8 Å². The van der Waals surface area contributed by atoms with Crippen molar-refractivity contribution in [3.8, 4) is 0 Å². The van der Waals surface area contributed by atoms with E-state index in [0.717, 1.165) is 5.70 Å². The summed E-state index contributed by atoms with van der Waals surface area (Å²) in [6, 6.07) is 0. The van der Waals surface area contributed by atoms with Gasteiger partial charge in [-0.25, -0.2) is 4.31 Å². The molecular weight excluding hydrogens is 202 g/mol. The first-order valence-electron chi connectivity index (χ1n) is 4.72. The molecule has 0 spiro atoms. The van der Waals surface area contributed by atoms with Crippen LogP contribution in [0.3, 0.4) is 0 Å². The zero-order valence-corrected chi connectivity index (χ0v) is 9.52. The first kappa shape index (κ1) is 9.98. The van der Waals surface area contributed by atoms with Crippen molar-refractivity contribution >= 4 is 10.3 Å². The Bertz CT molecular complexity index is 389. The van der Waals surface area contributed by atoms with E-state index < -0.39 is 10.3 Å². The van der Waals surface area contributed by atoms with Crippen LogP contribution in [0.4, 0.5) is 0 Å². The van der Waals surface area contributed by atoms with E-state index in [-0.39, 0.29) is 12.0 Å². The maximum Gasteiger partial charge on any atom is 0.362 e. The summed E-state index contributed by atoms with van der Waals surface area (Å²) in [4.78, 5) is 0. The summed E-state index contributed by atoms with van der Waals surface area (Å²) in [5.74, 6) is 0. The fourth-order valence-electron chi connectivity index (χ4n) is 1.83. The highest BCUT2D eigenvalue weighted by Crippen LogP contribution is 2.42. The van der Waals surface area contributed by atoms with Crippen molar-refractivity contribution < 1.29 is 12.6 Å². The Kier molecular flexibility index (Phi) is 1.95. The zero-order chi connectivity index (χ0) is 10.6. The number of rotatable bonds is 0. The van der Waals surface area contributed by atoms with Gasteiger partial charge in [0.05, 0.1) is 18.8 Å². The van der Waals surface area contributed by atoms with Gasteiger partial charge in [0.2, 0.25) is 0 Å². The largest absolute Gasteiger partial charge is 0.362 e. The van der Waals surface area contributed by atoms with Gasteiger partial charge in [0.1, 0.15) is 0 Å². The molecule has 0 N–H and O–H groups in total. The molecule has 5 heteroatoms. The summed E-state index contributed by atoms with van der Waals surface area (Å²) in [6.45, 7) is 7.10. The van der Waals surface area contributed by atoms with Crippen LogP contribution in [-0.4, -0.2) is 25.9 Å². The summed E-state index contributed by atoms with van der Waals surface area (Å²) >= 11 is 0. The average molecular weight is 217 g/mol. The van der Waals surface area contributed by atoms with E-state index in [0.29, 0.717) is 13.0 Å². The highest BCUT2D eigenvalue weighted by molar-refractivity contribution is 7.84. The van der Waals surface area contributed by atoms with E-state index in [9.17, 15) is 8.42 Å². The molecule has 14 heavy (non-hydrogen) atoms. The molecule has 2 aliphatic rings. The molecule has 0 radical (unpaired) electrons. The van der Waals surface area contributed by atoms with Crippen LogP contribution in [0.15, 0.2) is 11.3 Å². The Balaban J connectivity index is 2.39. The number of nitrogens with zero attached hydrogens (tertiary/aromatic N) is 1. The van der Waals surface area contributed by atoms with Gasteiger partial charge in [0.25, 0.3) is 0 Å². The van der Waals surface area contributed by atoms with Crippen LogP contribution >= 0.6 is 0 Å². The fourth-order valence-corrected chi connectivity index (χ4v) is 2.91. The predicted octanol–water partition coefficient (Wildman–Crippen LogP) is 1.27. The van der Waals surface area contributed by atoms with Gasteiger partial charge >= 0.3 is 10.3 Å². The highest BCUT2D eigenvalue weighted by Gasteiger charge is 2.44. The second kappa shape index (κ2) is 2.73. The number of fused-ring (bicyclic) bond motifs is 1. The monoisotopic (exact) mass is 217 g/mol. The Labute approximate surface area is 84.8 Å². The molecule has 80 valence electrons. The maximum atomic E-state index is 11.4. The Morgan fingerprint density at radius 1 is 1.36 bits per heavy atom. The second-order valence-electron chi connectivity index (χ2n) is 4.71. The van der Waals surface area contributed by atoms with Gasteiger partial charge in [-0.3, -0.25) is 4.18 Å². The number of hydrogen-bond donors (Lipinski definition) is 0. The van der Waals surface area contributed by atoms with Crippen molar-refractivity contribution in [3.05, 3.63) is 11.3 Å². The van der Waals surface area contributed by atoms with Crippen molar-refractivity contribution in [2.24, 2.45) is 5.41 Å². The van der Waals surface area contributed by atoms with Gasteiger partial charge in [0.15, 0.2) is 0 Å². The molecule has 0 saturated carbocycles. The van der Waals surface area contributed by atoms with Crippen molar-refractivity contribution in [2.75, 3.05) is 13.2 Å². The van der Waals surface area contributed by atoms with Gasteiger partial charge in [-0.05, 0) is 17.4 Å².